The van der Waals surface area contributed by atoms with E-state index in [2.05, 4.69) is 5.16 Å². The van der Waals surface area contributed by atoms with Gasteiger partial charge in [-0.1, -0.05) is 5.16 Å². The zero-order valence-corrected chi connectivity index (χ0v) is 7.80. The summed E-state index contributed by atoms with van der Waals surface area (Å²) in [5.41, 5.74) is 6.02. The number of methoxy groups -OCH3 is 1. The van der Waals surface area contributed by atoms with E-state index in [0.29, 0.717) is 11.3 Å². The van der Waals surface area contributed by atoms with Crippen LogP contribution in [0.4, 0.5) is 0 Å². The lowest BCUT2D eigenvalue weighted by Crippen LogP contribution is -2.12. The van der Waals surface area contributed by atoms with E-state index >= 15 is 0 Å². The van der Waals surface area contributed by atoms with Gasteiger partial charge in [0.15, 0.2) is 12.6 Å². The topological polar surface area (TPSA) is 77.1 Å². The van der Waals surface area contributed by atoms with Gasteiger partial charge in [0.05, 0.1) is 0 Å². The Bertz CT molecular complexity index is 308. The van der Waals surface area contributed by atoms with Crippen LogP contribution in [0.2, 0.25) is 0 Å². The zero-order valence-electron chi connectivity index (χ0n) is 7.80. The first-order valence-electron chi connectivity index (χ1n) is 3.97. The summed E-state index contributed by atoms with van der Waals surface area (Å²) in [6.07, 6.45) is 0. The van der Waals surface area contributed by atoms with Gasteiger partial charge in [-0.05, 0) is 24.3 Å². The maximum Gasteiger partial charge on any atom is 0.188 e. The van der Waals surface area contributed by atoms with Gasteiger partial charge in [-0.15, -0.1) is 0 Å². The van der Waals surface area contributed by atoms with E-state index in [9.17, 15) is 0 Å². The maximum atomic E-state index is 8.41. The van der Waals surface area contributed by atoms with Crippen LogP contribution in [-0.2, 0) is 4.74 Å². The number of nitrogens with two attached hydrogens (primary N) is 1. The fourth-order valence-electron chi connectivity index (χ4n) is 0.907. The van der Waals surface area contributed by atoms with Crippen LogP contribution in [0.5, 0.6) is 5.75 Å². The van der Waals surface area contributed by atoms with Gasteiger partial charge >= 0.3 is 0 Å². The van der Waals surface area contributed by atoms with Crippen LogP contribution in [-0.4, -0.2) is 24.9 Å². The number of benzene rings is 1. The third-order valence-electron chi connectivity index (χ3n) is 1.60. The van der Waals surface area contributed by atoms with E-state index in [1.165, 1.54) is 0 Å². The predicted octanol–water partition coefficient (Wildman–Crippen LogP) is 0.764. The molecule has 0 atom stereocenters. The van der Waals surface area contributed by atoms with E-state index < -0.39 is 0 Å². The quantitative estimate of drug-likeness (QED) is 0.245. The lowest BCUT2D eigenvalue weighted by Gasteiger charge is -2.04. The van der Waals surface area contributed by atoms with Crippen molar-refractivity contribution in [2.24, 2.45) is 10.9 Å². The average molecular weight is 196 g/mol. The highest BCUT2D eigenvalue weighted by molar-refractivity contribution is 5.97. The molecule has 0 unspecified atom stereocenters. The Morgan fingerprint density at radius 2 is 2.07 bits per heavy atom. The number of nitrogens with zero attached hydrogens (tertiary/aromatic N) is 1. The summed E-state index contributed by atoms with van der Waals surface area (Å²) >= 11 is 0. The third kappa shape index (κ3) is 2.63. The van der Waals surface area contributed by atoms with Crippen molar-refractivity contribution in [3.63, 3.8) is 0 Å². The maximum absolute atomic E-state index is 8.41. The second-order valence-corrected chi connectivity index (χ2v) is 2.56. The number of hydrogen-bond donors (Lipinski definition) is 2. The van der Waals surface area contributed by atoms with Gasteiger partial charge in [-0.25, -0.2) is 0 Å². The van der Waals surface area contributed by atoms with Crippen LogP contribution in [0.25, 0.3) is 0 Å². The van der Waals surface area contributed by atoms with Crippen LogP contribution in [0, 0.1) is 0 Å². The van der Waals surface area contributed by atoms with E-state index in [1.54, 1.807) is 31.4 Å². The van der Waals surface area contributed by atoms with Crippen molar-refractivity contribution in [3.8, 4) is 5.75 Å². The molecule has 5 heteroatoms. The predicted molar refractivity (Wildman–Crippen MR) is 51.5 cm³/mol. The van der Waals surface area contributed by atoms with Gasteiger partial charge in [-0.3, -0.25) is 0 Å². The highest BCUT2D eigenvalue weighted by Crippen LogP contribution is 2.11. The molecule has 0 heterocycles. The molecule has 1 aromatic rings. The highest BCUT2D eigenvalue weighted by Gasteiger charge is 1.98. The molecule has 1 aromatic carbocycles. The number of amidine groups is 1. The Balaban J connectivity index is 2.68. The average Bonchev–Trinajstić information content (AvgIpc) is 2.26. The first kappa shape index (κ1) is 10.3. The molecule has 0 aliphatic heterocycles. The fourth-order valence-corrected chi connectivity index (χ4v) is 0.907. The molecule has 0 saturated heterocycles. The van der Waals surface area contributed by atoms with Gasteiger partial charge in [0.2, 0.25) is 0 Å². The summed E-state index contributed by atoms with van der Waals surface area (Å²) in [6.45, 7) is 0.197. The van der Waals surface area contributed by atoms with Crippen molar-refractivity contribution < 1.29 is 14.7 Å². The first-order valence-corrected chi connectivity index (χ1v) is 3.97. The first-order chi connectivity index (χ1) is 6.77. The molecular formula is C9H12N2O3. The normalized spacial score (nSPS) is 11.4. The summed E-state index contributed by atoms with van der Waals surface area (Å²) in [4.78, 5) is 0. The van der Waals surface area contributed by atoms with Crippen LogP contribution in [0.15, 0.2) is 29.4 Å². The number of rotatable bonds is 4. The van der Waals surface area contributed by atoms with Crippen molar-refractivity contribution in [2.45, 2.75) is 0 Å². The molecule has 14 heavy (non-hydrogen) atoms. The molecule has 5 nitrogen and oxygen atoms in total. The van der Waals surface area contributed by atoms with Gasteiger partial charge in [0, 0.05) is 12.7 Å². The molecule has 3 N–H and O–H groups in total. The Morgan fingerprint density at radius 3 is 2.57 bits per heavy atom. The smallest absolute Gasteiger partial charge is 0.188 e. The molecule has 0 aromatic heterocycles. The minimum absolute atomic E-state index is 0.0725. The highest BCUT2D eigenvalue weighted by atomic mass is 16.7. The van der Waals surface area contributed by atoms with Crippen LogP contribution in [0.3, 0.4) is 0 Å². The molecule has 0 saturated carbocycles. The van der Waals surface area contributed by atoms with Crippen molar-refractivity contribution >= 4 is 5.84 Å². The number of hydrogen-bond acceptors (Lipinski definition) is 4. The number of ether oxygens (including phenoxy) is 2. The van der Waals surface area contributed by atoms with Gasteiger partial charge in [-0.2, -0.15) is 0 Å². The summed E-state index contributed by atoms with van der Waals surface area (Å²) < 4.78 is 9.89. The van der Waals surface area contributed by atoms with Crippen LogP contribution in [0.1, 0.15) is 5.56 Å². The van der Waals surface area contributed by atoms with Crippen molar-refractivity contribution in [1.82, 2.24) is 0 Å². The molecule has 0 fully saturated rings. The molecule has 0 aliphatic rings. The SMILES string of the molecule is COCOc1ccc(C(N)=NO)cc1. The fraction of sp³-hybridized carbons (Fsp3) is 0.222. The Labute approximate surface area is 81.7 Å². The second kappa shape index (κ2) is 5.08. The second-order valence-electron chi connectivity index (χ2n) is 2.56. The largest absolute Gasteiger partial charge is 0.468 e. The minimum Gasteiger partial charge on any atom is -0.468 e. The molecule has 0 radical (unpaired) electrons. The molecule has 76 valence electrons. The molecule has 0 amide bonds. The van der Waals surface area contributed by atoms with E-state index in [4.69, 9.17) is 20.4 Å². The van der Waals surface area contributed by atoms with E-state index in [-0.39, 0.29) is 12.6 Å². The van der Waals surface area contributed by atoms with E-state index in [1.807, 2.05) is 0 Å². The van der Waals surface area contributed by atoms with Crippen molar-refractivity contribution in [2.75, 3.05) is 13.9 Å². The lowest BCUT2D eigenvalue weighted by molar-refractivity contribution is 0.0511. The number of oxime groups is 1. The summed E-state index contributed by atoms with van der Waals surface area (Å²) in [7, 11) is 1.55. The van der Waals surface area contributed by atoms with Crippen LogP contribution >= 0.6 is 0 Å². The summed E-state index contributed by atoms with van der Waals surface area (Å²) in [5.74, 6) is 0.740. The Hall–Kier alpha value is -1.75. The summed E-state index contributed by atoms with van der Waals surface area (Å²) in [6, 6.07) is 6.82. The van der Waals surface area contributed by atoms with E-state index in [0.717, 1.165) is 0 Å². The minimum atomic E-state index is 0.0725. The summed E-state index contributed by atoms with van der Waals surface area (Å²) in [5, 5.41) is 11.3. The zero-order chi connectivity index (χ0) is 10.4. The molecule has 1 rings (SSSR count). The molecule has 0 bridgehead atoms. The van der Waals surface area contributed by atoms with Gasteiger partial charge in [0.1, 0.15) is 5.75 Å². The standard InChI is InChI=1S/C9H12N2O3/c1-13-6-14-8-4-2-7(3-5-8)9(10)11-12/h2-5,12H,6H2,1H3,(H2,10,11). The molecule has 0 spiro atoms. The molecule has 0 aliphatic carbocycles. The third-order valence-corrected chi connectivity index (χ3v) is 1.60. The Morgan fingerprint density at radius 1 is 1.43 bits per heavy atom. The monoisotopic (exact) mass is 196 g/mol. The van der Waals surface area contributed by atoms with Crippen molar-refractivity contribution in [3.05, 3.63) is 29.8 Å². The van der Waals surface area contributed by atoms with Gasteiger partial charge < -0.3 is 20.4 Å². The Kier molecular flexibility index (Phi) is 3.75. The molecular weight excluding hydrogens is 184 g/mol. The van der Waals surface area contributed by atoms with Crippen LogP contribution < -0.4 is 10.5 Å². The lowest BCUT2D eigenvalue weighted by atomic mass is 10.2. The van der Waals surface area contributed by atoms with Crippen molar-refractivity contribution in [1.29, 1.82) is 0 Å². The van der Waals surface area contributed by atoms with Gasteiger partial charge in [0.25, 0.3) is 0 Å².